The Hall–Kier alpha value is -1.81. The number of ether oxygens (including phenoxy) is 1. The van der Waals surface area contributed by atoms with Crippen LogP contribution in [0, 0.1) is 5.92 Å². The Morgan fingerprint density at radius 2 is 1.76 bits per heavy atom. The van der Waals surface area contributed by atoms with E-state index in [9.17, 15) is 4.79 Å². The molecule has 158 valence electrons. The lowest BCUT2D eigenvalue weighted by Crippen LogP contribution is -2.22. The van der Waals surface area contributed by atoms with Gasteiger partial charge in [0.1, 0.15) is 11.9 Å². The highest BCUT2D eigenvalue weighted by Gasteiger charge is 2.30. The first-order chi connectivity index (χ1) is 14.1. The Balaban J connectivity index is 1.94. The van der Waals surface area contributed by atoms with Crippen LogP contribution in [0.5, 0.6) is 5.75 Å². The zero-order valence-electron chi connectivity index (χ0n) is 17.9. The van der Waals surface area contributed by atoms with Crippen LogP contribution in [-0.2, 0) is 6.42 Å². The van der Waals surface area contributed by atoms with Crippen LogP contribution in [0.3, 0.4) is 0 Å². The van der Waals surface area contributed by atoms with Gasteiger partial charge in [-0.2, -0.15) is 0 Å². The zero-order valence-corrected chi connectivity index (χ0v) is 18.8. The molecule has 0 spiro atoms. The third-order valence-electron chi connectivity index (χ3n) is 6.32. The standard InChI is InChI=1S/C25H34O3S/c1-4-17(5-2)23-16-21(22(6-3)29-23)24(18-10-8-7-9-11-18)28-20-14-12-19(13-15-20)25(26)27/h12-18,24H,4-11H2,1-3H3,(H,26,27). The van der Waals surface area contributed by atoms with Crippen LogP contribution in [0.2, 0.25) is 0 Å². The number of carboxylic acids is 1. The largest absolute Gasteiger partial charge is 0.485 e. The first-order valence-corrected chi connectivity index (χ1v) is 12.0. The highest BCUT2D eigenvalue weighted by atomic mass is 32.1. The highest BCUT2D eigenvalue weighted by Crippen LogP contribution is 2.43. The smallest absolute Gasteiger partial charge is 0.335 e. The molecule has 1 aromatic carbocycles. The predicted molar refractivity (Wildman–Crippen MR) is 120 cm³/mol. The normalized spacial score (nSPS) is 16.1. The number of carboxylic acid groups (broad SMARTS) is 1. The number of aryl methyl sites for hydroxylation is 1. The number of carbonyl (C=O) groups is 1. The number of hydrogen-bond donors (Lipinski definition) is 1. The molecule has 29 heavy (non-hydrogen) atoms. The fourth-order valence-corrected chi connectivity index (χ4v) is 5.95. The molecule has 1 heterocycles. The third-order valence-corrected chi connectivity index (χ3v) is 7.78. The molecule has 1 aliphatic carbocycles. The van der Waals surface area contributed by atoms with Crippen LogP contribution < -0.4 is 4.74 Å². The van der Waals surface area contributed by atoms with Gasteiger partial charge < -0.3 is 9.84 Å². The van der Waals surface area contributed by atoms with Gasteiger partial charge in [0.2, 0.25) is 0 Å². The molecule has 1 aliphatic rings. The number of thiophene rings is 1. The summed E-state index contributed by atoms with van der Waals surface area (Å²) < 4.78 is 6.59. The van der Waals surface area contributed by atoms with Gasteiger partial charge in [0.05, 0.1) is 5.56 Å². The van der Waals surface area contributed by atoms with Gasteiger partial charge in [-0.1, -0.05) is 40.0 Å². The molecule has 1 unspecified atom stereocenters. The first-order valence-electron chi connectivity index (χ1n) is 11.2. The van der Waals surface area contributed by atoms with E-state index in [0.29, 0.717) is 17.4 Å². The highest BCUT2D eigenvalue weighted by molar-refractivity contribution is 7.12. The quantitative estimate of drug-likeness (QED) is 0.459. The molecular weight excluding hydrogens is 380 g/mol. The van der Waals surface area contributed by atoms with Gasteiger partial charge in [0.15, 0.2) is 0 Å². The van der Waals surface area contributed by atoms with E-state index in [0.717, 1.165) is 12.2 Å². The van der Waals surface area contributed by atoms with E-state index in [2.05, 4.69) is 26.8 Å². The van der Waals surface area contributed by atoms with Crippen molar-refractivity contribution in [3.8, 4) is 5.75 Å². The molecule has 0 bridgehead atoms. The van der Waals surface area contributed by atoms with Gasteiger partial charge in [-0.15, -0.1) is 11.3 Å². The van der Waals surface area contributed by atoms with Gasteiger partial charge in [-0.3, -0.25) is 0 Å². The lowest BCUT2D eigenvalue weighted by Gasteiger charge is -2.31. The fraction of sp³-hybridized carbons (Fsp3) is 0.560. The minimum atomic E-state index is -0.902. The van der Waals surface area contributed by atoms with Crippen molar-refractivity contribution in [2.24, 2.45) is 5.92 Å². The van der Waals surface area contributed by atoms with E-state index >= 15 is 0 Å². The molecule has 1 fully saturated rings. The first kappa shape index (κ1) is 21.9. The van der Waals surface area contributed by atoms with Crippen molar-refractivity contribution in [2.45, 2.75) is 84.2 Å². The molecule has 1 N–H and O–H groups in total. The van der Waals surface area contributed by atoms with Crippen molar-refractivity contribution in [2.75, 3.05) is 0 Å². The Bertz CT molecular complexity index is 783. The molecule has 3 nitrogen and oxygen atoms in total. The molecule has 0 amide bonds. The lowest BCUT2D eigenvalue weighted by molar-refractivity contribution is 0.0696. The van der Waals surface area contributed by atoms with Gasteiger partial charge in [-0.05, 0) is 68.4 Å². The molecule has 3 rings (SSSR count). The average Bonchev–Trinajstić information content (AvgIpc) is 3.17. The molecule has 0 radical (unpaired) electrons. The molecule has 1 atom stereocenters. The SMILES string of the molecule is CCc1sc(C(CC)CC)cc1C(Oc1ccc(C(=O)O)cc1)C1CCCCC1. The van der Waals surface area contributed by atoms with Crippen LogP contribution >= 0.6 is 11.3 Å². The second-order valence-electron chi connectivity index (χ2n) is 8.16. The van der Waals surface area contributed by atoms with Gasteiger partial charge >= 0.3 is 5.97 Å². The van der Waals surface area contributed by atoms with Crippen molar-refractivity contribution in [1.82, 2.24) is 0 Å². The number of aromatic carboxylic acids is 1. The van der Waals surface area contributed by atoms with Crippen LogP contribution in [-0.4, -0.2) is 11.1 Å². The second-order valence-corrected chi connectivity index (χ2v) is 9.33. The summed E-state index contributed by atoms with van der Waals surface area (Å²) in [6, 6.07) is 9.31. The summed E-state index contributed by atoms with van der Waals surface area (Å²) in [5.41, 5.74) is 1.67. The molecule has 1 saturated carbocycles. The molecule has 2 aromatic rings. The maximum Gasteiger partial charge on any atom is 0.335 e. The van der Waals surface area contributed by atoms with Crippen molar-refractivity contribution in [1.29, 1.82) is 0 Å². The summed E-state index contributed by atoms with van der Waals surface area (Å²) in [5, 5.41) is 9.17. The van der Waals surface area contributed by atoms with Crippen LogP contribution in [0.15, 0.2) is 30.3 Å². The van der Waals surface area contributed by atoms with Crippen LogP contribution in [0.4, 0.5) is 0 Å². The maximum atomic E-state index is 11.2. The molecule has 1 aromatic heterocycles. The van der Waals surface area contributed by atoms with Gasteiger partial charge in [0, 0.05) is 21.2 Å². The molecule has 4 heteroatoms. The summed E-state index contributed by atoms with van der Waals surface area (Å²) in [6.07, 6.45) is 9.70. The molecule has 0 aliphatic heterocycles. The Kier molecular flexibility index (Phi) is 7.77. The van der Waals surface area contributed by atoms with Gasteiger partial charge in [-0.25, -0.2) is 4.79 Å². The van der Waals surface area contributed by atoms with Gasteiger partial charge in [0.25, 0.3) is 0 Å². The van der Waals surface area contributed by atoms with E-state index in [4.69, 9.17) is 9.84 Å². The minimum Gasteiger partial charge on any atom is -0.485 e. The van der Waals surface area contributed by atoms with Crippen molar-refractivity contribution in [3.63, 3.8) is 0 Å². The van der Waals surface area contributed by atoms with E-state index in [1.165, 1.54) is 60.3 Å². The van der Waals surface area contributed by atoms with Crippen molar-refractivity contribution in [3.05, 3.63) is 51.2 Å². The number of rotatable bonds is 9. The second kappa shape index (κ2) is 10.3. The van der Waals surface area contributed by atoms with Crippen LogP contribution in [0.25, 0.3) is 0 Å². The van der Waals surface area contributed by atoms with E-state index in [1.54, 1.807) is 24.3 Å². The zero-order chi connectivity index (χ0) is 20.8. The Morgan fingerprint density at radius 1 is 1.10 bits per heavy atom. The Labute approximate surface area is 179 Å². The topological polar surface area (TPSA) is 46.5 Å². The van der Waals surface area contributed by atoms with E-state index in [-0.39, 0.29) is 6.10 Å². The monoisotopic (exact) mass is 414 g/mol. The Morgan fingerprint density at radius 3 is 2.31 bits per heavy atom. The minimum absolute atomic E-state index is 0.0558. The summed E-state index contributed by atoms with van der Waals surface area (Å²) >= 11 is 1.97. The van der Waals surface area contributed by atoms with E-state index in [1.807, 2.05) is 11.3 Å². The summed E-state index contributed by atoms with van der Waals surface area (Å²) in [4.78, 5) is 14.1. The van der Waals surface area contributed by atoms with E-state index < -0.39 is 5.97 Å². The maximum absolute atomic E-state index is 11.2. The average molecular weight is 415 g/mol. The molecular formula is C25H34O3S. The summed E-state index contributed by atoms with van der Waals surface area (Å²) in [7, 11) is 0. The van der Waals surface area contributed by atoms with Crippen LogP contribution in [0.1, 0.15) is 103 Å². The predicted octanol–water partition coefficient (Wildman–Crippen LogP) is 7.61. The third kappa shape index (κ3) is 5.22. The van der Waals surface area contributed by atoms with Crippen molar-refractivity contribution < 1.29 is 14.6 Å². The molecule has 0 saturated heterocycles. The lowest BCUT2D eigenvalue weighted by atomic mass is 9.82. The number of hydrogen-bond acceptors (Lipinski definition) is 3. The van der Waals surface area contributed by atoms with Crippen molar-refractivity contribution >= 4 is 17.3 Å². The fourth-order valence-electron chi connectivity index (χ4n) is 4.55. The summed E-state index contributed by atoms with van der Waals surface area (Å²) in [5.74, 6) is 1.02. The summed E-state index contributed by atoms with van der Waals surface area (Å²) in [6.45, 7) is 6.79. The number of benzene rings is 1.